The number of anilines is 1. The smallest absolute Gasteiger partial charge is 0.259 e. The number of rotatable bonds is 11. The first kappa shape index (κ1) is 26.2. The van der Waals surface area contributed by atoms with E-state index in [1.807, 2.05) is 0 Å². The van der Waals surface area contributed by atoms with Crippen molar-refractivity contribution in [2.45, 2.75) is 26.8 Å². The molecule has 1 unspecified atom stereocenters. The van der Waals surface area contributed by atoms with Gasteiger partial charge in [0.1, 0.15) is 17.2 Å². The fourth-order valence-electron chi connectivity index (χ4n) is 2.81. The van der Waals surface area contributed by atoms with Crippen LogP contribution >= 0.6 is 23.2 Å². The summed E-state index contributed by atoms with van der Waals surface area (Å²) < 4.78 is 21.7. The van der Waals surface area contributed by atoms with Gasteiger partial charge in [-0.25, -0.2) is 0 Å². The van der Waals surface area contributed by atoms with E-state index in [1.54, 1.807) is 26.0 Å². The predicted molar refractivity (Wildman–Crippen MR) is 126 cm³/mol. The molecule has 0 bridgehead atoms. The number of azo groups is 1. The number of ketones is 1. The lowest BCUT2D eigenvalue weighted by atomic mass is 10.2. The number of Topliss-reactive ketones (excluding diaryl/α,β-unsaturated/α-hetero) is 1. The number of nitrogens with one attached hydrogen (secondary N) is 1. The monoisotopic (exact) mass is 497 g/mol. The zero-order valence-electron chi connectivity index (χ0n) is 18.9. The summed E-state index contributed by atoms with van der Waals surface area (Å²) in [5.41, 5.74) is 0.413. The molecule has 0 aliphatic heterocycles. The molecule has 0 saturated carbocycles. The van der Waals surface area contributed by atoms with E-state index in [4.69, 9.17) is 42.1 Å². The summed E-state index contributed by atoms with van der Waals surface area (Å²) >= 11 is 12.2. The normalized spacial score (nSPS) is 11.7. The highest BCUT2D eigenvalue weighted by atomic mass is 35.5. The van der Waals surface area contributed by atoms with Gasteiger partial charge in [0.05, 0.1) is 27.4 Å². The predicted octanol–water partition coefficient (Wildman–Crippen LogP) is 5.49. The number of carbonyl (C=O) groups is 2. The lowest BCUT2D eigenvalue weighted by Crippen LogP contribution is -2.32. The molecule has 0 heterocycles. The lowest BCUT2D eigenvalue weighted by molar-refractivity contribution is -0.126. The van der Waals surface area contributed by atoms with E-state index >= 15 is 0 Å². The van der Waals surface area contributed by atoms with Gasteiger partial charge in [-0.1, -0.05) is 23.2 Å². The number of halogens is 2. The summed E-state index contributed by atoms with van der Waals surface area (Å²) in [4.78, 5) is 25.2. The number of ether oxygens (including phenoxy) is 4. The molecule has 2 aromatic rings. The van der Waals surface area contributed by atoms with Crippen LogP contribution in [0.25, 0.3) is 0 Å². The Bertz CT molecular complexity index is 993. The van der Waals surface area contributed by atoms with Crippen molar-refractivity contribution in [1.82, 2.24) is 0 Å². The Morgan fingerprint density at radius 2 is 1.36 bits per heavy atom. The van der Waals surface area contributed by atoms with Crippen molar-refractivity contribution in [3.05, 3.63) is 34.3 Å². The Morgan fingerprint density at radius 3 is 1.76 bits per heavy atom. The van der Waals surface area contributed by atoms with E-state index in [1.165, 1.54) is 33.3 Å². The molecule has 1 amide bonds. The van der Waals surface area contributed by atoms with Crippen LogP contribution in [0.2, 0.25) is 10.0 Å². The fourth-order valence-corrected chi connectivity index (χ4v) is 3.20. The summed E-state index contributed by atoms with van der Waals surface area (Å²) in [5.74, 6) is -0.159. The summed E-state index contributed by atoms with van der Waals surface area (Å²) in [6.45, 7) is 5.48. The molecule has 0 spiro atoms. The molecule has 0 fully saturated rings. The molecule has 178 valence electrons. The molecule has 0 saturated heterocycles. The molecule has 33 heavy (non-hydrogen) atoms. The highest BCUT2D eigenvalue weighted by Crippen LogP contribution is 2.41. The van der Waals surface area contributed by atoms with Gasteiger partial charge in [0.2, 0.25) is 6.04 Å². The van der Waals surface area contributed by atoms with Crippen LogP contribution in [0, 0.1) is 0 Å². The summed E-state index contributed by atoms with van der Waals surface area (Å²) in [6.07, 6.45) is 0. The van der Waals surface area contributed by atoms with E-state index in [0.717, 1.165) is 0 Å². The van der Waals surface area contributed by atoms with Crippen LogP contribution in [0.4, 0.5) is 11.4 Å². The van der Waals surface area contributed by atoms with Crippen molar-refractivity contribution in [2.24, 2.45) is 10.2 Å². The lowest BCUT2D eigenvalue weighted by Gasteiger charge is -2.16. The van der Waals surface area contributed by atoms with E-state index in [2.05, 4.69) is 15.5 Å². The highest BCUT2D eigenvalue weighted by molar-refractivity contribution is 6.31. The average molecular weight is 498 g/mol. The number of methoxy groups -OCH3 is 2. The molecule has 1 atom stereocenters. The molecule has 0 aliphatic carbocycles. The number of hydrogen-bond donors (Lipinski definition) is 1. The number of nitrogens with zero attached hydrogens (tertiary/aromatic N) is 2. The van der Waals surface area contributed by atoms with Crippen molar-refractivity contribution < 1.29 is 28.5 Å². The van der Waals surface area contributed by atoms with E-state index in [0.29, 0.717) is 34.8 Å². The summed E-state index contributed by atoms with van der Waals surface area (Å²) in [7, 11) is 2.82. The van der Waals surface area contributed by atoms with Crippen molar-refractivity contribution in [3.8, 4) is 23.0 Å². The van der Waals surface area contributed by atoms with Crippen molar-refractivity contribution in [2.75, 3.05) is 32.8 Å². The van der Waals surface area contributed by atoms with Gasteiger partial charge in [-0.05, 0) is 20.8 Å². The molecule has 0 aliphatic rings. The topological polar surface area (TPSA) is 108 Å². The molecule has 2 rings (SSSR count). The molecular weight excluding hydrogens is 473 g/mol. The Kier molecular flexibility index (Phi) is 9.74. The second kappa shape index (κ2) is 12.3. The van der Waals surface area contributed by atoms with E-state index in [9.17, 15) is 9.59 Å². The molecule has 0 aromatic heterocycles. The molecular formula is C22H25Cl2N3O6. The van der Waals surface area contributed by atoms with Gasteiger partial charge in [0.15, 0.2) is 23.0 Å². The number of hydrogen-bond acceptors (Lipinski definition) is 8. The third kappa shape index (κ3) is 6.72. The van der Waals surface area contributed by atoms with E-state index < -0.39 is 17.7 Å². The quantitative estimate of drug-likeness (QED) is 0.324. The first-order valence-electron chi connectivity index (χ1n) is 9.98. The van der Waals surface area contributed by atoms with Crippen molar-refractivity contribution >= 4 is 46.3 Å². The minimum atomic E-state index is -1.46. The van der Waals surface area contributed by atoms with Crippen LogP contribution in [-0.4, -0.2) is 45.2 Å². The standard InChI is InChI=1S/C22H25Cl2N3O6/c1-6-32-17-10-14(24)11-18(33-7-2)21(17)27-26-19(12(3)28)22(29)25-20-15(30-4)8-13(23)9-16(20)31-5/h8-11,19H,6-7H2,1-5H3,(H,25,29). The maximum absolute atomic E-state index is 13.0. The Morgan fingerprint density at radius 1 is 0.909 bits per heavy atom. The largest absolute Gasteiger partial charge is 0.494 e. The Labute approximate surface area is 202 Å². The van der Waals surface area contributed by atoms with Gasteiger partial charge < -0.3 is 24.3 Å². The maximum Gasteiger partial charge on any atom is 0.259 e. The van der Waals surface area contributed by atoms with Crippen molar-refractivity contribution in [3.63, 3.8) is 0 Å². The summed E-state index contributed by atoms with van der Waals surface area (Å²) in [6, 6.07) is 4.64. The van der Waals surface area contributed by atoms with Gasteiger partial charge in [-0.2, -0.15) is 5.11 Å². The first-order chi connectivity index (χ1) is 15.7. The van der Waals surface area contributed by atoms with Crippen LogP contribution < -0.4 is 24.3 Å². The second-order valence-corrected chi connectivity index (χ2v) is 7.39. The van der Waals surface area contributed by atoms with Crippen LogP contribution in [-0.2, 0) is 9.59 Å². The van der Waals surface area contributed by atoms with Crippen LogP contribution in [0.15, 0.2) is 34.5 Å². The van der Waals surface area contributed by atoms with Gasteiger partial charge in [0.25, 0.3) is 5.91 Å². The molecule has 1 N–H and O–H groups in total. The number of amides is 1. The molecule has 0 radical (unpaired) electrons. The number of carbonyl (C=O) groups excluding carboxylic acids is 2. The third-order valence-electron chi connectivity index (χ3n) is 4.23. The first-order valence-corrected chi connectivity index (χ1v) is 10.7. The fraction of sp³-hybridized carbons (Fsp3) is 0.364. The minimum Gasteiger partial charge on any atom is -0.494 e. The summed E-state index contributed by atoms with van der Waals surface area (Å²) in [5, 5.41) is 11.4. The molecule has 2 aromatic carbocycles. The SMILES string of the molecule is CCOc1cc(Cl)cc(OCC)c1N=NC(C(C)=O)C(=O)Nc1c(OC)cc(Cl)cc1OC. The molecule has 9 nitrogen and oxygen atoms in total. The van der Waals surface area contributed by atoms with Gasteiger partial charge >= 0.3 is 0 Å². The third-order valence-corrected chi connectivity index (χ3v) is 4.67. The Hall–Kier alpha value is -3.04. The van der Waals surface area contributed by atoms with Crippen LogP contribution in [0.3, 0.4) is 0 Å². The van der Waals surface area contributed by atoms with Gasteiger partial charge in [0, 0.05) is 34.3 Å². The van der Waals surface area contributed by atoms with Gasteiger partial charge in [-0.3, -0.25) is 9.59 Å². The highest BCUT2D eigenvalue weighted by Gasteiger charge is 2.26. The van der Waals surface area contributed by atoms with Gasteiger partial charge in [-0.15, -0.1) is 5.11 Å². The number of benzene rings is 2. The zero-order valence-corrected chi connectivity index (χ0v) is 20.4. The van der Waals surface area contributed by atoms with E-state index in [-0.39, 0.29) is 22.9 Å². The van der Waals surface area contributed by atoms with Crippen LogP contribution in [0.5, 0.6) is 23.0 Å². The Balaban J connectivity index is 2.44. The van der Waals surface area contributed by atoms with Crippen molar-refractivity contribution in [1.29, 1.82) is 0 Å². The second-order valence-electron chi connectivity index (χ2n) is 6.52. The maximum atomic E-state index is 13.0. The van der Waals surface area contributed by atoms with Crippen LogP contribution in [0.1, 0.15) is 20.8 Å². The average Bonchev–Trinajstić information content (AvgIpc) is 2.76. The zero-order chi connectivity index (χ0) is 24.5. The minimum absolute atomic E-state index is 0.201. The molecule has 11 heteroatoms.